The van der Waals surface area contributed by atoms with Crippen molar-refractivity contribution < 1.29 is 9.21 Å². The van der Waals surface area contributed by atoms with E-state index in [0.717, 1.165) is 10.0 Å². The average Bonchev–Trinajstić information content (AvgIpc) is 3.29. The molecule has 1 aliphatic heterocycles. The minimum absolute atomic E-state index is 0.0139. The van der Waals surface area contributed by atoms with Crippen molar-refractivity contribution in [3.63, 3.8) is 0 Å². The molecule has 1 aliphatic rings. The number of hydrogen-bond donors (Lipinski definition) is 0. The molecule has 2 aromatic heterocycles. The van der Waals surface area contributed by atoms with Gasteiger partial charge < -0.3 is 4.42 Å². The van der Waals surface area contributed by atoms with Gasteiger partial charge in [-0.25, -0.2) is 0 Å². The van der Waals surface area contributed by atoms with Crippen LogP contribution in [-0.4, -0.2) is 16.1 Å². The van der Waals surface area contributed by atoms with Crippen LogP contribution < -0.4 is 10.3 Å². The summed E-state index contributed by atoms with van der Waals surface area (Å²) in [6.45, 7) is 0. The summed E-state index contributed by atoms with van der Waals surface area (Å²) in [6.07, 6.45) is 0. The Morgan fingerprint density at radius 1 is 1.18 bits per heavy atom. The van der Waals surface area contributed by atoms with Gasteiger partial charge in [0.25, 0.3) is 5.91 Å². The Morgan fingerprint density at radius 3 is 2.79 bits per heavy atom. The Balaban J connectivity index is 1.85. The van der Waals surface area contributed by atoms with Gasteiger partial charge in [0.05, 0.1) is 17.0 Å². The molecule has 2 aromatic carbocycles. The second kappa shape index (κ2) is 6.51. The highest BCUT2D eigenvalue weighted by Crippen LogP contribution is 2.42. The zero-order chi connectivity index (χ0) is 19.4. The first-order valence-electron chi connectivity index (χ1n) is 8.16. The molecule has 6 nitrogen and oxygen atoms in total. The molecule has 28 heavy (non-hydrogen) atoms. The number of carbonyl (C=O) groups is 1. The maximum Gasteiger partial charge on any atom is 0.297 e. The Bertz CT molecular complexity index is 1310. The number of rotatable bonds is 2. The molecule has 0 fully saturated rings. The predicted molar refractivity (Wildman–Crippen MR) is 110 cm³/mol. The first kappa shape index (κ1) is 17.5. The predicted octanol–water partition coefficient (Wildman–Crippen LogP) is 4.81. The molecule has 1 unspecified atom stereocenters. The second-order valence-electron chi connectivity index (χ2n) is 6.17. The summed E-state index contributed by atoms with van der Waals surface area (Å²) in [4.78, 5) is 28.0. The number of fused-ring (bicyclic) bond motifs is 2. The Morgan fingerprint density at radius 2 is 2.04 bits per heavy atom. The molecular formula is C19H9BrClN3O3S. The fourth-order valence-corrected chi connectivity index (χ4v) is 4.58. The van der Waals surface area contributed by atoms with E-state index in [-0.39, 0.29) is 16.8 Å². The summed E-state index contributed by atoms with van der Waals surface area (Å²) in [7, 11) is 0. The summed E-state index contributed by atoms with van der Waals surface area (Å²) in [5, 5.41) is 9.02. The van der Waals surface area contributed by atoms with Crippen molar-refractivity contribution in [2.45, 2.75) is 6.04 Å². The molecule has 5 rings (SSSR count). The normalized spacial score (nSPS) is 16.0. The molecule has 0 saturated heterocycles. The maximum absolute atomic E-state index is 13.4. The van der Waals surface area contributed by atoms with Crippen LogP contribution in [-0.2, 0) is 0 Å². The summed E-state index contributed by atoms with van der Waals surface area (Å²) >= 11 is 10.7. The number of carbonyl (C=O) groups excluding carboxylic acids is 1. The van der Waals surface area contributed by atoms with Gasteiger partial charge in [-0.2, -0.15) is 0 Å². The zero-order valence-corrected chi connectivity index (χ0v) is 17.1. The standard InChI is InChI=1S/C19H9BrClN3O3S/c20-10-3-1-2-9(6-10)15-14-16(25)12-7-11(21)4-5-13(12)27-17(14)18(26)24(15)19-23-22-8-28-19/h1-8,15H. The van der Waals surface area contributed by atoms with E-state index in [1.54, 1.807) is 18.2 Å². The van der Waals surface area contributed by atoms with E-state index in [2.05, 4.69) is 26.1 Å². The molecule has 0 bridgehead atoms. The molecule has 0 saturated carbocycles. The zero-order valence-electron chi connectivity index (χ0n) is 13.9. The molecule has 0 N–H and O–H groups in total. The van der Waals surface area contributed by atoms with Crippen LogP contribution in [0.5, 0.6) is 0 Å². The van der Waals surface area contributed by atoms with Crippen molar-refractivity contribution in [3.05, 3.63) is 84.6 Å². The quantitative estimate of drug-likeness (QED) is 0.417. The van der Waals surface area contributed by atoms with Crippen LogP contribution in [0.3, 0.4) is 0 Å². The van der Waals surface area contributed by atoms with Crippen molar-refractivity contribution in [1.82, 2.24) is 10.2 Å². The number of benzene rings is 2. The topological polar surface area (TPSA) is 76.3 Å². The number of nitrogens with zero attached hydrogens (tertiary/aromatic N) is 3. The minimum Gasteiger partial charge on any atom is -0.450 e. The maximum atomic E-state index is 13.4. The van der Waals surface area contributed by atoms with Crippen LogP contribution >= 0.6 is 38.9 Å². The van der Waals surface area contributed by atoms with Crippen molar-refractivity contribution in [1.29, 1.82) is 0 Å². The lowest BCUT2D eigenvalue weighted by Gasteiger charge is -2.22. The molecular weight excluding hydrogens is 466 g/mol. The van der Waals surface area contributed by atoms with Crippen LogP contribution in [0.15, 0.2) is 61.7 Å². The summed E-state index contributed by atoms with van der Waals surface area (Å²) in [6, 6.07) is 11.5. The van der Waals surface area contributed by atoms with Gasteiger partial charge >= 0.3 is 0 Å². The molecule has 3 heterocycles. The van der Waals surface area contributed by atoms with Crippen LogP contribution in [0.1, 0.15) is 27.7 Å². The molecule has 138 valence electrons. The Labute approximate surface area is 175 Å². The number of hydrogen-bond acceptors (Lipinski definition) is 6. The first-order valence-corrected chi connectivity index (χ1v) is 10.2. The molecule has 0 aliphatic carbocycles. The number of halogens is 2. The van der Waals surface area contributed by atoms with Crippen LogP contribution in [0.4, 0.5) is 5.13 Å². The van der Waals surface area contributed by atoms with Gasteiger partial charge in [0.1, 0.15) is 11.1 Å². The lowest BCUT2D eigenvalue weighted by Crippen LogP contribution is -2.29. The third-order valence-electron chi connectivity index (χ3n) is 4.55. The fraction of sp³-hybridized carbons (Fsp3) is 0.0526. The minimum atomic E-state index is -0.674. The van der Waals surface area contributed by atoms with Crippen molar-refractivity contribution in [2.75, 3.05) is 4.90 Å². The highest BCUT2D eigenvalue weighted by Gasteiger charge is 2.45. The van der Waals surface area contributed by atoms with E-state index in [1.165, 1.54) is 21.7 Å². The summed E-state index contributed by atoms with van der Waals surface area (Å²) in [5.74, 6) is -0.411. The van der Waals surface area contributed by atoms with E-state index >= 15 is 0 Å². The van der Waals surface area contributed by atoms with Crippen molar-refractivity contribution in [2.24, 2.45) is 0 Å². The van der Waals surface area contributed by atoms with Gasteiger partial charge in [0, 0.05) is 9.50 Å². The lowest BCUT2D eigenvalue weighted by atomic mass is 9.99. The second-order valence-corrected chi connectivity index (χ2v) is 8.33. The first-order chi connectivity index (χ1) is 13.5. The Kier molecular flexibility index (Phi) is 4.08. The van der Waals surface area contributed by atoms with Crippen LogP contribution in [0.2, 0.25) is 5.02 Å². The summed E-state index contributed by atoms with van der Waals surface area (Å²) in [5.41, 5.74) is 2.59. The van der Waals surface area contributed by atoms with Crippen molar-refractivity contribution in [3.8, 4) is 0 Å². The Hall–Kier alpha value is -2.55. The SMILES string of the molecule is O=C1c2oc3ccc(Cl)cc3c(=O)c2C(c2cccc(Br)c2)N1c1nncs1. The molecule has 9 heteroatoms. The van der Waals surface area contributed by atoms with Gasteiger partial charge in [-0.15, -0.1) is 10.2 Å². The smallest absolute Gasteiger partial charge is 0.297 e. The largest absolute Gasteiger partial charge is 0.450 e. The van der Waals surface area contributed by atoms with E-state index in [9.17, 15) is 9.59 Å². The van der Waals surface area contributed by atoms with Gasteiger partial charge in [-0.1, -0.05) is 51.0 Å². The van der Waals surface area contributed by atoms with Gasteiger partial charge in [0.2, 0.25) is 10.9 Å². The number of amides is 1. The average molecular weight is 475 g/mol. The summed E-state index contributed by atoms with van der Waals surface area (Å²) < 4.78 is 6.69. The third kappa shape index (κ3) is 2.60. The van der Waals surface area contributed by atoms with Crippen LogP contribution in [0, 0.1) is 0 Å². The number of aromatic nitrogens is 2. The third-order valence-corrected chi connectivity index (χ3v) is 5.97. The molecule has 0 spiro atoms. The van der Waals surface area contributed by atoms with E-state index in [4.69, 9.17) is 16.0 Å². The highest BCUT2D eigenvalue weighted by molar-refractivity contribution is 9.10. The van der Waals surface area contributed by atoms with Gasteiger partial charge in [0.15, 0.2) is 5.43 Å². The molecule has 1 atom stereocenters. The lowest BCUT2D eigenvalue weighted by molar-refractivity contribution is 0.0970. The molecule has 1 amide bonds. The van der Waals surface area contributed by atoms with E-state index in [0.29, 0.717) is 21.1 Å². The highest BCUT2D eigenvalue weighted by atomic mass is 79.9. The molecule has 0 radical (unpaired) electrons. The van der Waals surface area contributed by atoms with Gasteiger partial charge in [-0.3, -0.25) is 14.5 Å². The van der Waals surface area contributed by atoms with Crippen LogP contribution in [0.25, 0.3) is 11.0 Å². The van der Waals surface area contributed by atoms with E-state index < -0.39 is 11.9 Å². The number of anilines is 1. The molecule has 4 aromatic rings. The van der Waals surface area contributed by atoms with Crippen molar-refractivity contribution >= 4 is 60.9 Å². The van der Waals surface area contributed by atoms with Gasteiger partial charge in [-0.05, 0) is 35.9 Å². The monoisotopic (exact) mass is 473 g/mol. The fourth-order valence-electron chi connectivity index (χ4n) is 3.41. The van der Waals surface area contributed by atoms with E-state index in [1.807, 2.05) is 24.3 Å².